The van der Waals surface area contributed by atoms with Crippen LogP contribution in [0.25, 0.3) is 16.6 Å². The first-order chi connectivity index (χ1) is 21.5. The van der Waals surface area contributed by atoms with Crippen LogP contribution >= 0.6 is 11.6 Å². The first kappa shape index (κ1) is 29.6. The van der Waals surface area contributed by atoms with Crippen LogP contribution < -0.4 is 10.1 Å². The molecule has 0 radical (unpaired) electrons. The Bertz CT molecular complexity index is 1790. The molecule has 44 heavy (non-hydrogen) atoms. The number of anilines is 2. The minimum atomic E-state index is -0.317. The number of nitrogens with one attached hydrogen (secondary N) is 1. The van der Waals surface area contributed by atoms with Crippen LogP contribution in [0.1, 0.15) is 21.5 Å². The molecule has 226 valence electrons. The highest BCUT2D eigenvalue weighted by atomic mass is 35.5. The van der Waals surface area contributed by atoms with Gasteiger partial charge in [0.1, 0.15) is 30.3 Å². The molecule has 1 aliphatic heterocycles. The van der Waals surface area contributed by atoms with Crippen molar-refractivity contribution in [2.24, 2.45) is 0 Å². The van der Waals surface area contributed by atoms with Crippen molar-refractivity contribution >= 4 is 39.9 Å². The van der Waals surface area contributed by atoms with Crippen LogP contribution in [0.3, 0.4) is 0 Å². The Balaban J connectivity index is 1.25. The number of carbonyl (C=O) groups excluding carboxylic acids is 1. The molecule has 0 unspecified atom stereocenters. The normalized spacial score (nSPS) is 13.3. The summed E-state index contributed by atoms with van der Waals surface area (Å²) in [7, 11) is 1.65. The third kappa shape index (κ3) is 6.67. The smallest absolute Gasteiger partial charge is 0.255 e. The highest BCUT2D eigenvalue weighted by Gasteiger charge is 2.23. The maximum absolute atomic E-state index is 13.5. The Morgan fingerprint density at radius 2 is 1.93 bits per heavy atom. The van der Waals surface area contributed by atoms with Gasteiger partial charge in [-0.25, -0.2) is 14.4 Å². The molecule has 6 rings (SSSR count). The summed E-state index contributed by atoms with van der Waals surface area (Å²) in [6.45, 7) is 2.91. The Kier molecular flexibility index (Phi) is 9.02. The van der Waals surface area contributed by atoms with Gasteiger partial charge in [-0.3, -0.25) is 4.79 Å². The fraction of sp³-hybridized carbons (Fsp3) is 0.242. The second kappa shape index (κ2) is 13.4. The molecule has 1 saturated heterocycles. The number of fused-ring (bicyclic) bond motifs is 1. The van der Waals surface area contributed by atoms with E-state index < -0.39 is 0 Å². The lowest BCUT2D eigenvalue weighted by molar-refractivity contribution is 0.0302. The van der Waals surface area contributed by atoms with Crippen LogP contribution in [0.4, 0.5) is 15.9 Å². The summed E-state index contributed by atoms with van der Waals surface area (Å²) in [6.07, 6.45) is 5.97. The molecule has 0 aliphatic carbocycles. The number of amides is 1. The molecule has 5 aromatic rings. The molecule has 1 amide bonds. The van der Waals surface area contributed by atoms with Gasteiger partial charge >= 0.3 is 0 Å². The van der Waals surface area contributed by atoms with Gasteiger partial charge in [0, 0.05) is 49.4 Å². The number of carbonyl (C=O) groups is 1. The van der Waals surface area contributed by atoms with Gasteiger partial charge in [0.2, 0.25) is 0 Å². The van der Waals surface area contributed by atoms with Crippen LogP contribution in [0.5, 0.6) is 5.75 Å². The maximum Gasteiger partial charge on any atom is 0.255 e. The molecule has 2 aromatic heterocycles. The number of methoxy groups -OCH3 is 1. The SMILES string of the molecule is COCCc1cn(-c2ccc3ncnc(Nc4ccc(OCc5cccc(F)c5)c(Cl)c4)c3c2)cc1C(=O)N1CCOCC1. The average molecular weight is 616 g/mol. The minimum Gasteiger partial charge on any atom is -0.487 e. The summed E-state index contributed by atoms with van der Waals surface area (Å²) < 4.78 is 32.0. The number of halogens is 2. The molecule has 0 bridgehead atoms. The lowest BCUT2D eigenvalue weighted by atomic mass is 10.1. The standard InChI is InChI=1S/C33H31ClFN5O4/c1-42-12-9-23-18-40(19-28(23)33(41)39-10-13-43-14-11-39)26-6-7-30-27(17-26)32(37-21-36-30)38-25-5-8-31(29(34)16-25)44-20-22-3-2-4-24(35)15-22/h2-8,15-19,21H,9-14,20H2,1H3,(H,36,37,38). The van der Waals surface area contributed by atoms with Crippen molar-refractivity contribution in [1.82, 2.24) is 19.4 Å². The molecule has 11 heteroatoms. The molecular weight excluding hydrogens is 585 g/mol. The summed E-state index contributed by atoms with van der Waals surface area (Å²) in [5.74, 6) is 0.750. The summed E-state index contributed by atoms with van der Waals surface area (Å²) in [4.78, 5) is 24.2. The van der Waals surface area contributed by atoms with E-state index in [0.717, 1.165) is 22.2 Å². The predicted molar refractivity (Wildman–Crippen MR) is 167 cm³/mol. The fourth-order valence-corrected chi connectivity index (χ4v) is 5.35. The first-order valence-corrected chi connectivity index (χ1v) is 14.6. The second-order valence-electron chi connectivity index (χ2n) is 10.4. The van der Waals surface area contributed by atoms with Crippen LogP contribution in [-0.2, 0) is 22.5 Å². The third-order valence-corrected chi connectivity index (χ3v) is 7.70. The zero-order valence-corrected chi connectivity index (χ0v) is 24.9. The molecular formula is C33H31ClFN5O4. The van der Waals surface area contributed by atoms with Crippen LogP contribution in [0.15, 0.2) is 79.4 Å². The van der Waals surface area contributed by atoms with E-state index in [1.807, 2.05) is 46.1 Å². The molecule has 0 spiro atoms. The van der Waals surface area contributed by atoms with Gasteiger partial charge in [0.25, 0.3) is 5.91 Å². The van der Waals surface area contributed by atoms with Gasteiger partial charge in [-0.05, 0) is 66.1 Å². The Labute approximate surface area is 259 Å². The van der Waals surface area contributed by atoms with Gasteiger partial charge in [-0.1, -0.05) is 23.7 Å². The minimum absolute atomic E-state index is 0.00938. The quantitative estimate of drug-likeness (QED) is 0.200. The zero-order chi connectivity index (χ0) is 30.5. The largest absolute Gasteiger partial charge is 0.487 e. The van der Waals surface area contributed by atoms with Gasteiger partial charge in [0.05, 0.1) is 35.9 Å². The van der Waals surface area contributed by atoms with Crippen LogP contribution in [0.2, 0.25) is 5.02 Å². The lowest BCUT2D eigenvalue weighted by Gasteiger charge is -2.26. The van der Waals surface area contributed by atoms with Crippen molar-refractivity contribution in [3.63, 3.8) is 0 Å². The number of hydrogen-bond acceptors (Lipinski definition) is 7. The van der Waals surface area contributed by atoms with Gasteiger partial charge in [-0.15, -0.1) is 0 Å². The van der Waals surface area contributed by atoms with Crippen molar-refractivity contribution in [3.8, 4) is 11.4 Å². The number of morpholine rings is 1. The molecule has 1 fully saturated rings. The van der Waals surface area contributed by atoms with Crippen molar-refractivity contribution in [1.29, 1.82) is 0 Å². The molecule has 9 nitrogen and oxygen atoms in total. The highest BCUT2D eigenvalue weighted by Crippen LogP contribution is 2.32. The molecule has 3 aromatic carbocycles. The number of benzene rings is 3. The van der Waals surface area contributed by atoms with E-state index in [9.17, 15) is 9.18 Å². The lowest BCUT2D eigenvalue weighted by Crippen LogP contribution is -2.40. The monoisotopic (exact) mass is 615 g/mol. The molecule has 0 saturated carbocycles. The van der Waals surface area contributed by atoms with E-state index in [2.05, 4.69) is 15.3 Å². The number of hydrogen-bond donors (Lipinski definition) is 1. The van der Waals surface area contributed by atoms with Gasteiger partial charge < -0.3 is 29.0 Å². The van der Waals surface area contributed by atoms with Crippen LogP contribution in [-0.4, -0.2) is 65.4 Å². The van der Waals surface area contributed by atoms with E-state index in [4.69, 9.17) is 25.8 Å². The van der Waals surface area contributed by atoms with Crippen molar-refractivity contribution in [2.75, 3.05) is 45.3 Å². The number of ether oxygens (including phenoxy) is 3. The van der Waals surface area contributed by atoms with Crippen LogP contribution in [0, 0.1) is 5.82 Å². The average Bonchev–Trinajstić information content (AvgIpc) is 3.47. The Hall–Kier alpha value is -4.51. The topological polar surface area (TPSA) is 90.7 Å². The number of nitrogens with zero attached hydrogens (tertiary/aromatic N) is 4. The maximum atomic E-state index is 13.5. The molecule has 1 N–H and O–H groups in total. The van der Waals surface area contributed by atoms with Gasteiger partial charge in [0.15, 0.2) is 0 Å². The fourth-order valence-electron chi connectivity index (χ4n) is 5.11. The summed E-state index contributed by atoms with van der Waals surface area (Å²) in [5, 5.41) is 4.54. The highest BCUT2D eigenvalue weighted by molar-refractivity contribution is 6.32. The van der Waals surface area contributed by atoms with E-state index in [0.29, 0.717) is 72.7 Å². The summed E-state index contributed by atoms with van der Waals surface area (Å²) in [6, 6.07) is 17.5. The third-order valence-electron chi connectivity index (χ3n) is 7.41. The Morgan fingerprint density at radius 1 is 1.07 bits per heavy atom. The van der Waals surface area contributed by atoms with E-state index in [1.165, 1.54) is 18.5 Å². The van der Waals surface area contributed by atoms with Crippen molar-refractivity contribution in [2.45, 2.75) is 13.0 Å². The molecule has 1 aliphatic rings. The zero-order valence-electron chi connectivity index (χ0n) is 24.1. The van der Waals surface area contributed by atoms with E-state index >= 15 is 0 Å². The first-order valence-electron chi connectivity index (χ1n) is 14.2. The van der Waals surface area contributed by atoms with Crippen molar-refractivity contribution < 1.29 is 23.4 Å². The molecule has 0 atom stereocenters. The molecule has 3 heterocycles. The van der Waals surface area contributed by atoms with Gasteiger partial charge in [-0.2, -0.15) is 0 Å². The predicted octanol–water partition coefficient (Wildman–Crippen LogP) is 6.20. The van der Waals surface area contributed by atoms with E-state index in [1.54, 1.807) is 31.4 Å². The summed E-state index contributed by atoms with van der Waals surface area (Å²) in [5.41, 5.74) is 4.59. The van der Waals surface area contributed by atoms with Crippen molar-refractivity contribution in [3.05, 3.63) is 107 Å². The number of rotatable bonds is 10. The Morgan fingerprint density at radius 3 is 2.73 bits per heavy atom. The van der Waals surface area contributed by atoms with E-state index in [-0.39, 0.29) is 18.3 Å². The summed E-state index contributed by atoms with van der Waals surface area (Å²) >= 11 is 6.53. The second-order valence-corrected chi connectivity index (χ2v) is 10.8. The number of aromatic nitrogens is 3.